The number of phenolic OH excluding ortho intramolecular Hbond substituents is 3. The number of hydrogen-bond donors (Lipinski definition) is 12. The summed E-state index contributed by atoms with van der Waals surface area (Å²) in [5, 5.41) is 124. The lowest BCUT2D eigenvalue weighted by Crippen LogP contribution is -2.62. The highest BCUT2D eigenvalue weighted by molar-refractivity contribution is 5.88. The Morgan fingerprint density at radius 2 is 1.11 bits per heavy atom. The van der Waals surface area contributed by atoms with Gasteiger partial charge in [0, 0.05) is 17.7 Å². The predicted octanol–water partition coefficient (Wildman–Crippen LogP) is -3.57. The number of rotatable bonds is 9. The molecule has 3 aromatic rings. The first-order valence-electron chi connectivity index (χ1n) is 16.4. The molecule has 0 bridgehead atoms. The molecule has 15 atom stereocenters. The van der Waals surface area contributed by atoms with Crippen molar-refractivity contribution in [3.05, 3.63) is 46.6 Å². The van der Waals surface area contributed by atoms with Crippen molar-refractivity contribution >= 4 is 11.0 Å². The summed E-state index contributed by atoms with van der Waals surface area (Å²) >= 11 is 0. The van der Waals surface area contributed by atoms with Crippen LogP contribution in [0.2, 0.25) is 0 Å². The van der Waals surface area contributed by atoms with Crippen LogP contribution in [0.4, 0.5) is 0 Å². The van der Waals surface area contributed by atoms with Crippen LogP contribution in [0.25, 0.3) is 22.3 Å². The van der Waals surface area contributed by atoms with Gasteiger partial charge in [0.1, 0.15) is 95.4 Å². The Bertz CT molecular complexity index is 1790. The molecule has 3 aliphatic rings. The Morgan fingerprint density at radius 1 is 0.604 bits per heavy atom. The van der Waals surface area contributed by atoms with Crippen molar-refractivity contribution < 1.29 is 94.1 Å². The zero-order valence-corrected chi connectivity index (χ0v) is 27.7. The molecule has 6 rings (SSSR count). The normalized spacial score (nSPS) is 37.8. The first kappa shape index (κ1) is 39.0. The summed E-state index contributed by atoms with van der Waals surface area (Å²) in [5.74, 6) is -2.21. The van der Waals surface area contributed by atoms with Gasteiger partial charge in [-0.1, -0.05) is 0 Å². The summed E-state index contributed by atoms with van der Waals surface area (Å²) in [6.07, 6.45) is -25.2. The second kappa shape index (κ2) is 15.6. The van der Waals surface area contributed by atoms with Crippen molar-refractivity contribution in [2.75, 3.05) is 13.2 Å². The predicted molar refractivity (Wildman–Crippen MR) is 171 cm³/mol. The molecule has 12 N–H and O–H groups in total. The standard InChI is InChI=1S/C33H40O20/c1-10-19(37)23(41)26(44)31(49-10)47-8-16-20(38)24(42)27(45)32(51-16)48-9-17-21(39)25(43)28(46)33(52-17)53-30-22(40)18-14(36)6-13(35)7-15(18)50-29(30)11-2-4-12(34)5-3-11/h2-7,10,16-17,19-21,23-28,31-39,41-46H,8-9H2,1H3/t10-,16+,17+,19-,20+,21-,23+,24-,25-,26-,27+,28-,31+,32+,33-/m0/s1. The minimum atomic E-state index is -2.01. The third-order valence-corrected chi connectivity index (χ3v) is 9.28. The number of phenols is 3. The van der Waals surface area contributed by atoms with E-state index in [0.29, 0.717) is 0 Å². The highest BCUT2D eigenvalue weighted by atomic mass is 16.7. The molecule has 292 valence electrons. The Labute approximate surface area is 298 Å². The number of benzene rings is 2. The van der Waals surface area contributed by atoms with Crippen LogP contribution in [0, 0.1) is 0 Å². The van der Waals surface area contributed by atoms with E-state index in [0.717, 1.165) is 12.1 Å². The van der Waals surface area contributed by atoms with Crippen molar-refractivity contribution in [2.45, 2.75) is 99.0 Å². The van der Waals surface area contributed by atoms with Gasteiger partial charge >= 0.3 is 0 Å². The summed E-state index contributed by atoms with van der Waals surface area (Å²) in [6, 6.07) is 7.16. The van der Waals surface area contributed by atoms with E-state index in [1.807, 2.05) is 0 Å². The summed E-state index contributed by atoms with van der Waals surface area (Å²) in [7, 11) is 0. The highest BCUT2D eigenvalue weighted by Gasteiger charge is 2.49. The second-order valence-corrected chi connectivity index (χ2v) is 13.0. The van der Waals surface area contributed by atoms with E-state index in [9.17, 15) is 66.1 Å². The average molecular weight is 757 g/mol. The van der Waals surface area contributed by atoms with E-state index in [-0.39, 0.29) is 22.7 Å². The molecular formula is C33H40O20. The molecule has 0 amide bonds. The SMILES string of the molecule is C[C@@H]1O[C@@H](OC[C@H]2O[C@@H](OC[C@H]3O[C@@H](Oc4c(-c5ccc(O)cc5)oc5cc(O)cc(O)c5c4=O)[C@@H](O)[C@@H](O)[C@H]3O)[C@H](O)[C@@H](O)[C@@H]2O)[C@@H](O)[C@H](O)[C@H]1O. The Morgan fingerprint density at radius 3 is 1.70 bits per heavy atom. The van der Waals surface area contributed by atoms with Gasteiger partial charge in [-0.2, -0.15) is 0 Å². The van der Waals surface area contributed by atoms with Crippen molar-refractivity contribution in [3.63, 3.8) is 0 Å². The second-order valence-electron chi connectivity index (χ2n) is 13.0. The van der Waals surface area contributed by atoms with Gasteiger partial charge in [0.15, 0.2) is 18.3 Å². The molecule has 1 aromatic heterocycles. The van der Waals surface area contributed by atoms with Gasteiger partial charge in [-0.05, 0) is 31.2 Å². The molecule has 3 aliphatic heterocycles. The number of ether oxygens (including phenoxy) is 6. The molecular weight excluding hydrogens is 716 g/mol. The van der Waals surface area contributed by atoms with Gasteiger partial charge < -0.3 is 94.1 Å². The van der Waals surface area contributed by atoms with E-state index < -0.39 is 133 Å². The minimum Gasteiger partial charge on any atom is -0.508 e. The van der Waals surface area contributed by atoms with Crippen LogP contribution in [-0.4, -0.2) is 167 Å². The van der Waals surface area contributed by atoms with Crippen LogP contribution >= 0.6 is 0 Å². The molecule has 3 fully saturated rings. The topological polar surface area (TPSA) is 328 Å². The maximum Gasteiger partial charge on any atom is 0.239 e. The quantitative estimate of drug-likeness (QED) is 0.100. The van der Waals surface area contributed by atoms with Crippen LogP contribution in [0.15, 0.2) is 45.6 Å². The lowest BCUT2D eigenvalue weighted by molar-refractivity contribution is -0.337. The maximum atomic E-state index is 13.7. The minimum absolute atomic E-state index is 0.138. The molecule has 20 nitrogen and oxygen atoms in total. The third-order valence-electron chi connectivity index (χ3n) is 9.28. The van der Waals surface area contributed by atoms with Gasteiger partial charge in [0.05, 0.1) is 19.3 Å². The smallest absolute Gasteiger partial charge is 0.239 e. The Balaban J connectivity index is 1.19. The molecule has 0 saturated carbocycles. The molecule has 0 spiro atoms. The van der Waals surface area contributed by atoms with Crippen LogP contribution in [0.1, 0.15) is 6.92 Å². The van der Waals surface area contributed by atoms with Crippen molar-refractivity contribution in [2.24, 2.45) is 0 Å². The van der Waals surface area contributed by atoms with Gasteiger partial charge in [-0.3, -0.25) is 4.79 Å². The maximum absolute atomic E-state index is 13.7. The third kappa shape index (κ3) is 7.65. The fraction of sp³-hybridized carbons (Fsp3) is 0.545. The number of aromatic hydroxyl groups is 3. The van der Waals surface area contributed by atoms with Gasteiger partial charge in [-0.25, -0.2) is 0 Å². The number of fused-ring (bicyclic) bond motifs is 1. The highest BCUT2D eigenvalue weighted by Crippen LogP contribution is 2.38. The van der Waals surface area contributed by atoms with Gasteiger partial charge in [-0.15, -0.1) is 0 Å². The lowest BCUT2D eigenvalue weighted by Gasteiger charge is -2.43. The average Bonchev–Trinajstić information content (AvgIpc) is 3.12. The Hall–Kier alpha value is -3.71. The van der Waals surface area contributed by atoms with E-state index in [1.54, 1.807) is 0 Å². The summed E-state index contributed by atoms with van der Waals surface area (Å²) < 4.78 is 39.2. The summed E-state index contributed by atoms with van der Waals surface area (Å²) in [5.41, 5.74) is -1.10. The largest absolute Gasteiger partial charge is 0.508 e. The number of aliphatic hydroxyl groups is 9. The molecule has 4 heterocycles. The number of aliphatic hydroxyl groups excluding tert-OH is 9. The van der Waals surface area contributed by atoms with Crippen LogP contribution in [-0.2, 0) is 23.7 Å². The summed E-state index contributed by atoms with van der Waals surface area (Å²) in [4.78, 5) is 13.7. The lowest BCUT2D eigenvalue weighted by atomic mass is 9.98. The fourth-order valence-electron chi connectivity index (χ4n) is 6.17. The molecule has 53 heavy (non-hydrogen) atoms. The molecule has 20 heteroatoms. The molecule has 0 unspecified atom stereocenters. The van der Waals surface area contributed by atoms with E-state index in [1.165, 1.54) is 31.2 Å². The molecule has 2 aromatic carbocycles. The first-order valence-corrected chi connectivity index (χ1v) is 16.4. The zero-order chi connectivity index (χ0) is 38.5. The Kier molecular flexibility index (Phi) is 11.5. The molecule has 3 saturated heterocycles. The van der Waals surface area contributed by atoms with E-state index in [2.05, 4.69) is 0 Å². The van der Waals surface area contributed by atoms with E-state index in [4.69, 9.17) is 32.8 Å². The van der Waals surface area contributed by atoms with Crippen LogP contribution in [0.5, 0.6) is 23.0 Å². The zero-order valence-electron chi connectivity index (χ0n) is 27.7. The van der Waals surface area contributed by atoms with Crippen LogP contribution in [0.3, 0.4) is 0 Å². The monoisotopic (exact) mass is 756 g/mol. The fourth-order valence-corrected chi connectivity index (χ4v) is 6.17. The number of hydrogen-bond acceptors (Lipinski definition) is 20. The molecule has 0 radical (unpaired) electrons. The van der Waals surface area contributed by atoms with E-state index >= 15 is 0 Å². The van der Waals surface area contributed by atoms with Crippen molar-refractivity contribution in [1.82, 2.24) is 0 Å². The van der Waals surface area contributed by atoms with Crippen molar-refractivity contribution in [1.29, 1.82) is 0 Å². The van der Waals surface area contributed by atoms with Gasteiger partial charge in [0.25, 0.3) is 0 Å². The summed E-state index contributed by atoms with van der Waals surface area (Å²) in [6.45, 7) is 0.104. The van der Waals surface area contributed by atoms with Crippen LogP contribution < -0.4 is 10.2 Å². The van der Waals surface area contributed by atoms with Gasteiger partial charge in [0.2, 0.25) is 17.5 Å². The molecule has 0 aliphatic carbocycles. The van der Waals surface area contributed by atoms with Crippen molar-refractivity contribution in [3.8, 4) is 34.3 Å². The first-order chi connectivity index (χ1) is 25.1.